The second-order valence-corrected chi connectivity index (χ2v) is 5.42. The molecule has 0 spiro atoms. The fourth-order valence-electron chi connectivity index (χ4n) is 2.10. The third-order valence-electron chi connectivity index (χ3n) is 3.37. The first-order chi connectivity index (χ1) is 11.4. The largest absolute Gasteiger partial charge is 0.490 e. The molecule has 1 aromatic carbocycles. The summed E-state index contributed by atoms with van der Waals surface area (Å²) in [5, 5.41) is 3.09. The molecule has 7 heteroatoms. The van der Waals surface area contributed by atoms with Gasteiger partial charge in [-0.15, -0.1) is 0 Å². The number of alkyl halides is 3. The minimum atomic E-state index is -4.32. The maximum atomic E-state index is 12.6. The molecular formula is C17H22F3N3O. The van der Waals surface area contributed by atoms with Crippen LogP contribution in [-0.4, -0.2) is 24.2 Å². The van der Waals surface area contributed by atoms with Crippen LogP contribution in [0.3, 0.4) is 0 Å². The number of halogens is 3. The molecule has 0 aliphatic carbocycles. The summed E-state index contributed by atoms with van der Waals surface area (Å²) in [6.07, 6.45) is -0.398. The van der Waals surface area contributed by atoms with Crippen molar-refractivity contribution in [1.29, 1.82) is 0 Å². The first kappa shape index (κ1) is 18.2. The van der Waals surface area contributed by atoms with Crippen molar-refractivity contribution < 1.29 is 19.3 Å². The highest BCUT2D eigenvalue weighted by atomic mass is 19.4. The summed E-state index contributed by atoms with van der Waals surface area (Å²) in [4.78, 5) is 3.94. The van der Waals surface area contributed by atoms with E-state index in [1.165, 1.54) is 6.07 Å². The van der Waals surface area contributed by atoms with Crippen LogP contribution in [0.15, 0.2) is 48.8 Å². The number of aromatic nitrogens is 1. The summed E-state index contributed by atoms with van der Waals surface area (Å²) >= 11 is 0. The third-order valence-corrected chi connectivity index (χ3v) is 3.37. The molecule has 4 nitrogen and oxygen atoms in total. The summed E-state index contributed by atoms with van der Waals surface area (Å²) in [6.45, 7) is 1.31. The molecule has 0 fully saturated rings. The van der Waals surface area contributed by atoms with Gasteiger partial charge in [-0.2, -0.15) is 13.2 Å². The van der Waals surface area contributed by atoms with Crippen molar-refractivity contribution in [3.8, 4) is 5.75 Å². The van der Waals surface area contributed by atoms with Gasteiger partial charge in [-0.3, -0.25) is 4.98 Å². The van der Waals surface area contributed by atoms with E-state index < -0.39 is 11.7 Å². The number of rotatable bonds is 8. The molecule has 24 heavy (non-hydrogen) atoms. The number of nitrogens with one attached hydrogen (secondary N) is 1. The van der Waals surface area contributed by atoms with Gasteiger partial charge in [-0.05, 0) is 36.7 Å². The van der Waals surface area contributed by atoms with E-state index in [1.54, 1.807) is 30.6 Å². The highest BCUT2D eigenvalue weighted by molar-refractivity contribution is 5.25. The number of nitrogens with zero attached hydrogens (tertiary/aromatic N) is 1. The van der Waals surface area contributed by atoms with Gasteiger partial charge in [0.1, 0.15) is 12.4 Å². The van der Waals surface area contributed by atoms with Crippen LogP contribution in [0.5, 0.6) is 5.75 Å². The minimum Gasteiger partial charge on any atom is -0.490 e. The minimum absolute atomic E-state index is 0. The van der Waals surface area contributed by atoms with E-state index in [0.717, 1.165) is 12.1 Å². The molecule has 0 aliphatic rings. The van der Waals surface area contributed by atoms with Crippen molar-refractivity contribution in [2.24, 2.45) is 5.73 Å². The molecule has 1 atom stereocenters. The Morgan fingerprint density at radius 2 is 2.08 bits per heavy atom. The van der Waals surface area contributed by atoms with E-state index in [4.69, 9.17) is 10.5 Å². The van der Waals surface area contributed by atoms with E-state index >= 15 is 0 Å². The SMILES string of the molecule is N[C@H](CCNCc1cccc(C(F)(F)F)c1)COc1cccnc1.[HH]. The number of benzene rings is 1. The van der Waals surface area contributed by atoms with Gasteiger partial charge in [0.2, 0.25) is 0 Å². The number of pyridine rings is 1. The fraction of sp³-hybridized carbons (Fsp3) is 0.353. The van der Waals surface area contributed by atoms with Crippen LogP contribution < -0.4 is 15.8 Å². The Balaban J connectivity index is 0.00000312. The van der Waals surface area contributed by atoms with Crippen LogP contribution in [0, 0.1) is 0 Å². The maximum absolute atomic E-state index is 12.6. The number of hydrogen-bond acceptors (Lipinski definition) is 4. The lowest BCUT2D eigenvalue weighted by atomic mass is 10.1. The number of hydrogen-bond donors (Lipinski definition) is 2. The summed E-state index contributed by atoms with van der Waals surface area (Å²) in [5.74, 6) is 0.657. The van der Waals surface area contributed by atoms with Gasteiger partial charge < -0.3 is 15.8 Å². The first-order valence-corrected chi connectivity index (χ1v) is 7.60. The van der Waals surface area contributed by atoms with E-state index in [1.807, 2.05) is 0 Å². The quantitative estimate of drug-likeness (QED) is 0.724. The van der Waals surface area contributed by atoms with Crippen molar-refractivity contribution in [3.63, 3.8) is 0 Å². The Bertz CT molecular complexity index is 626. The normalized spacial score (nSPS) is 12.8. The van der Waals surface area contributed by atoms with Gasteiger partial charge in [0.25, 0.3) is 0 Å². The van der Waals surface area contributed by atoms with Crippen LogP contribution in [-0.2, 0) is 12.7 Å². The van der Waals surface area contributed by atoms with Crippen LogP contribution in [0.1, 0.15) is 19.0 Å². The first-order valence-electron chi connectivity index (χ1n) is 7.60. The Kier molecular flexibility index (Phi) is 6.57. The van der Waals surface area contributed by atoms with E-state index in [9.17, 15) is 13.2 Å². The molecule has 1 aromatic heterocycles. The van der Waals surface area contributed by atoms with Gasteiger partial charge >= 0.3 is 6.18 Å². The van der Waals surface area contributed by atoms with Crippen molar-refractivity contribution in [2.75, 3.05) is 13.2 Å². The Labute approximate surface area is 140 Å². The molecule has 3 N–H and O–H groups in total. The third kappa shape index (κ3) is 6.17. The maximum Gasteiger partial charge on any atom is 0.416 e. The molecule has 0 saturated carbocycles. The molecule has 2 rings (SSSR count). The summed E-state index contributed by atoms with van der Waals surface area (Å²) in [5.41, 5.74) is 5.90. The zero-order chi connectivity index (χ0) is 17.4. The highest BCUT2D eigenvalue weighted by Crippen LogP contribution is 2.29. The lowest BCUT2D eigenvalue weighted by Gasteiger charge is -2.14. The van der Waals surface area contributed by atoms with E-state index in [-0.39, 0.29) is 7.47 Å². The summed E-state index contributed by atoms with van der Waals surface area (Å²) in [7, 11) is 0. The van der Waals surface area contributed by atoms with Gasteiger partial charge in [0.05, 0.1) is 11.8 Å². The molecule has 0 radical (unpaired) electrons. The van der Waals surface area contributed by atoms with Crippen LogP contribution >= 0.6 is 0 Å². The topological polar surface area (TPSA) is 60.2 Å². The van der Waals surface area contributed by atoms with Gasteiger partial charge in [-0.1, -0.05) is 18.2 Å². The smallest absolute Gasteiger partial charge is 0.416 e. The summed E-state index contributed by atoms with van der Waals surface area (Å²) in [6, 6.07) is 8.69. The zero-order valence-electron chi connectivity index (χ0n) is 13.1. The van der Waals surface area contributed by atoms with Crippen LogP contribution in [0.25, 0.3) is 0 Å². The van der Waals surface area contributed by atoms with Crippen molar-refractivity contribution in [3.05, 3.63) is 59.9 Å². The Hall–Kier alpha value is -2.12. The highest BCUT2D eigenvalue weighted by Gasteiger charge is 2.30. The predicted molar refractivity (Wildman–Crippen MR) is 87.6 cm³/mol. The molecule has 0 amide bonds. The van der Waals surface area contributed by atoms with Crippen LogP contribution in [0.4, 0.5) is 13.2 Å². The Morgan fingerprint density at radius 3 is 2.79 bits per heavy atom. The lowest BCUT2D eigenvalue weighted by molar-refractivity contribution is -0.137. The van der Waals surface area contributed by atoms with Gasteiger partial charge in [-0.25, -0.2) is 0 Å². The number of ether oxygens (including phenoxy) is 1. The van der Waals surface area contributed by atoms with E-state index in [0.29, 0.717) is 37.4 Å². The molecule has 2 aromatic rings. The second kappa shape index (κ2) is 8.65. The summed E-state index contributed by atoms with van der Waals surface area (Å²) < 4.78 is 43.4. The average Bonchev–Trinajstić information content (AvgIpc) is 2.57. The molecule has 0 aliphatic heterocycles. The van der Waals surface area contributed by atoms with Crippen molar-refractivity contribution in [2.45, 2.75) is 25.2 Å². The molecular weight excluding hydrogens is 319 g/mol. The molecule has 0 bridgehead atoms. The fourth-order valence-corrected chi connectivity index (χ4v) is 2.10. The lowest BCUT2D eigenvalue weighted by Crippen LogP contribution is -2.31. The van der Waals surface area contributed by atoms with Crippen LogP contribution in [0.2, 0.25) is 0 Å². The van der Waals surface area contributed by atoms with Gasteiger partial charge in [0, 0.05) is 20.2 Å². The zero-order valence-corrected chi connectivity index (χ0v) is 13.1. The monoisotopic (exact) mass is 341 g/mol. The van der Waals surface area contributed by atoms with Crippen molar-refractivity contribution >= 4 is 0 Å². The molecule has 1 heterocycles. The predicted octanol–water partition coefficient (Wildman–Crippen LogP) is 3.23. The Morgan fingerprint density at radius 1 is 1.25 bits per heavy atom. The van der Waals surface area contributed by atoms with Crippen molar-refractivity contribution in [1.82, 2.24) is 10.3 Å². The molecule has 0 saturated heterocycles. The van der Waals surface area contributed by atoms with Gasteiger partial charge in [0.15, 0.2) is 0 Å². The standard InChI is InChI=1S/C17H20F3N3O.H2/c18-17(19,20)14-4-1-3-13(9-14)10-23-8-6-15(21)12-24-16-5-2-7-22-11-16;/h1-5,7,9,11,15,23H,6,8,10,12,21H2;1H/t15-;/m1./s1. The molecule has 0 unspecified atom stereocenters. The molecule has 132 valence electrons. The average molecular weight is 341 g/mol. The second-order valence-electron chi connectivity index (χ2n) is 5.42. The number of nitrogens with two attached hydrogens (primary N) is 1. The van der Waals surface area contributed by atoms with E-state index in [2.05, 4.69) is 10.3 Å².